The molecule has 0 saturated heterocycles. The molecule has 0 heterocycles. The van der Waals surface area contributed by atoms with Gasteiger partial charge in [0.1, 0.15) is 4.49 Å². The predicted molar refractivity (Wildman–Crippen MR) is 93.2 cm³/mol. The first-order valence-electron chi connectivity index (χ1n) is 6.92. The maximum absolute atomic E-state index is 12.7. The van der Waals surface area contributed by atoms with Gasteiger partial charge in [0.25, 0.3) is 0 Å². The van der Waals surface area contributed by atoms with Crippen LogP contribution >= 0.6 is 30.8 Å². The summed E-state index contributed by atoms with van der Waals surface area (Å²) in [4.78, 5) is 12.0. The Bertz CT molecular complexity index is 618. The molecule has 0 aliphatic carbocycles. The molecule has 0 bridgehead atoms. The van der Waals surface area contributed by atoms with Crippen LogP contribution in [0.15, 0.2) is 46.3 Å². The molecule has 0 spiro atoms. The fraction of sp³-hybridized carbons (Fsp3) is 0.267. The van der Waals surface area contributed by atoms with Crippen molar-refractivity contribution in [2.24, 2.45) is 0 Å². The quantitative estimate of drug-likeness (QED) is 0.527. The number of halogens is 2. The van der Waals surface area contributed by atoms with Crippen LogP contribution in [0.5, 0.6) is 0 Å². The molecule has 1 aromatic carbocycles. The lowest BCUT2D eigenvalue weighted by molar-refractivity contribution is -0.115. The van der Waals surface area contributed by atoms with Gasteiger partial charge in [-0.15, -0.1) is 0 Å². The van der Waals surface area contributed by atoms with E-state index >= 15 is 0 Å². The standard InChI is InChI=1S/C15H18Cl2NO4P/c1-3-21-23(20,22-4-2)15(14(16)17)18-13(19)11-10-12-8-6-5-7-9-12/h5-11H,3-4H2,1-2H3,(H,18,19)/b11-10+. The second-order valence-corrected chi connectivity index (χ2v) is 7.08. The molecular weight excluding hydrogens is 360 g/mol. The van der Waals surface area contributed by atoms with Crippen LogP contribution in [0.25, 0.3) is 6.08 Å². The van der Waals surface area contributed by atoms with Crippen LogP contribution in [0.4, 0.5) is 0 Å². The third-order valence-electron chi connectivity index (χ3n) is 2.52. The second-order valence-electron chi connectivity index (χ2n) is 4.18. The van der Waals surface area contributed by atoms with E-state index in [4.69, 9.17) is 32.2 Å². The first kappa shape index (κ1) is 19.9. The van der Waals surface area contributed by atoms with Crippen molar-refractivity contribution in [3.8, 4) is 0 Å². The van der Waals surface area contributed by atoms with E-state index < -0.39 is 13.5 Å². The Labute approximate surface area is 145 Å². The molecule has 1 rings (SSSR count). The lowest BCUT2D eigenvalue weighted by Crippen LogP contribution is -2.22. The Morgan fingerprint density at radius 2 is 1.74 bits per heavy atom. The summed E-state index contributed by atoms with van der Waals surface area (Å²) in [6.45, 7) is 3.50. The van der Waals surface area contributed by atoms with Crippen molar-refractivity contribution in [2.45, 2.75) is 13.8 Å². The van der Waals surface area contributed by atoms with E-state index in [1.165, 1.54) is 6.08 Å². The van der Waals surface area contributed by atoms with Crippen LogP contribution in [0, 0.1) is 0 Å². The highest BCUT2D eigenvalue weighted by Gasteiger charge is 2.33. The lowest BCUT2D eigenvalue weighted by Gasteiger charge is -2.20. The van der Waals surface area contributed by atoms with Gasteiger partial charge in [0.15, 0.2) is 5.44 Å². The van der Waals surface area contributed by atoms with Crippen LogP contribution in [0.1, 0.15) is 19.4 Å². The Balaban J connectivity index is 2.92. The van der Waals surface area contributed by atoms with Crippen molar-refractivity contribution in [1.29, 1.82) is 0 Å². The van der Waals surface area contributed by atoms with E-state index in [0.29, 0.717) is 0 Å². The largest absolute Gasteiger partial charge is 0.379 e. The average Bonchev–Trinajstić information content (AvgIpc) is 2.51. The van der Waals surface area contributed by atoms with Crippen LogP contribution in [-0.4, -0.2) is 19.1 Å². The van der Waals surface area contributed by atoms with Crippen LogP contribution in [-0.2, 0) is 18.4 Å². The van der Waals surface area contributed by atoms with E-state index in [1.807, 2.05) is 30.3 Å². The van der Waals surface area contributed by atoms with Crippen LogP contribution < -0.4 is 5.32 Å². The molecule has 0 aliphatic rings. The van der Waals surface area contributed by atoms with Gasteiger partial charge in [-0.2, -0.15) is 0 Å². The van der Waals surface area contributed by atoms with Crippen molar-refractivity contribution in [1.82, 2.24) is 5.32 Å². The van der Waals surface area contributed by atoms with Gasteiger partial charge >= 0.3 is 7.60 Å². The summed E-state index contributed by atoms with van der Waals surface area (Å²) in [7, 11) is -3.79. The molecule has 1 amide bonds. The van der Waals surface area contributed by atoms with E-state index in [0.717, 1.165) is 5.56 Å². The molecule has 23 heavy (non-hydrogen) atoms. The van der Waals surface area contributed by atoms with E-state index in [1.54, 1.807) is 19.9 Å². The minimum Gasteiger partial charge on any atom is -0.314 e. The SMILES string of the molecule is CCOP(=O)(OCC)C(NC(=O)/C=C/c1ccccc1)=C(Cl)Cl. The molecule has 126 valence electrons. The first-order chi connectivity index (χ1) is 10.9. The molecule has 0 saturated carbocycles. The monoisotopic (exact) mass is 377 g/mol. The van der Waals surface area contributed by atoms with Crippen molar-refractivity contribution in [2.75, 3.05) is 13.2 Å². The Morgan fingerprint density at radius 1 is 1.17 bits per heavy atom. The molecule has 0 atom stereocenters. The second kappa shape index (κ2) is 9.91. The van der Waals surface area contributed by atoms with Crippen molar-refractivity contribution in [3.05, 3.63) is 51.9 Å². The third-order valence-corrected chi connectivity index (χ3v) is 5.24. The van der Waals surface area contributed by atoms with Gasteiger partial charge < -0.3 is 14.4 Å². The first-order valence-corrected chi connectivity index (χ1v) is 9.21. The minimum atomic E-state index is -3.79. The molecule has 8 heteroatoms. The Morgan fingerprint density at radius 3 is 2.22 bits per heavy atom. The molecule has 0 unspecified atom stereocenters. The summed E-state index contributed by atoms with van der Waals surface area (Å²) in [6, 6.07) is 9.22. The smallest absolute Gasteiger partial charge is 0.314 e. The van der Waals surface area contributed by atoms with Crippen molar-refractivity contribution < 1.29 is 18.4 Å². The summed E-state index contributed by atoms with van der Waals surface area (Å²) in [5, 5.41) is 2.37. The van der Waals surface area contributed by atoms with Gasteiger partial charge in [-0.3, -0.25) is 9.36 Å². The summed E-state index contributed by atoms with van der Waals surface area (Å²) < 4.78 is 22.5. The number of benzene rings is 1. The third kappa shape index (κ3) is 6.50. The Hall–Kier alpha value is -1.10. The molecule has 0 radical (unpaired) electrons. The molecule has 1 N–H and O–H groups in total. The molecular formula is C15H18Cl2NO4P. The highest BCUT2D eigenvalue weighted by atomic mass is 35.5. The van der Waals surface area contributed by atoms with Gasteiger partial charge in [-0.1, -0.05) is 53.5 Å². The fourth-order valence-electron chi connectivity index (χ4n) is 1.62. The van der Waals surface area contributed by atoms with Gasteiger partial charge in [-0.05, 0) is 25.5 Å². The van der Waals surface area contributed by atoms with E-state index in [9.17, 15) is 9.36 Å². The van der Waals surface area contributed by atoms with Crippen LogP contribution in [0.3, 0.4) is 0 Å². The predicted octanol–water partition coefficient (Wildman–Crippen LogP) is 4.69. The van der Waals surface area contributed by atoms with Gasteiger partial charge in [-0.25, -0.2) is 0 Å². The van der Waals surface area contributed by atoms with Gasteiger partial charge in [0.05, 0.1) is 13.2 Å². The van der Waals surface area contributed by atoms with Gasteiger partial charge in [0.2, 0.25) is 5.91 Å². The summed E-state index contributed by atoms with van der Waals surface area (Å²) >= 11 is 11.5. The maximum atomic E-state index is 12.7. The number of carbonyl (C=O) groups is 1. The zero-order chi connectivity index (χ0) is 17.3. The number of nitrogens with one attached hydrogen (secondary N) is 1. The van der Waals surface area contributed by atoms with Crippen LogP contribution in [0.2, 0.25) is 0 Å². The fourth-order valence-corrected chi connectivity index (χ4v) is 3.80. The highest BCUT2D eigenvalue weighted by Crippen LogP contribution is 2.56. The average molecular weight is 378 g/mol. The van der Waals surface area contributed by atoms with Gasteiger partial charge in [0, 0.05) is 6.08 Å². The summed E-state index contributed by atoms with van der Waals surface area (Å²) in [5.41, 5.74) is 0.565. The molecule has 0 aromatic heterocycles. The minimum absolute atomic E-state index is 0.109. The topological polar surface area (TPSA) is 64.6 Å². The molecule has 0 aliphatic heterocycles. The molecule has 5 nitrogen and oxygen atoms in total. The number of amides is 1. The number of hydrogen-bond donors (Lipinski definition) is 1. The molecule has 1 aromatic rings. The zero-order valence-corrected chi connectivity index (χ0v) is 15.2. The summed E-state index contributed by atoms with van der Waals surface area (Å²) in [6.07, 6.45) is 2.87. The summed E-state index contributed by atoms with van der Waals surface area (Å²) in [5.74, 6) is -0.553. The van der Waals surface area contributed by atoms with Crippen molar-refractivity contribution in [3.63, 3.8) is 0 Å². The maximum Gasteiger partial charge on any atom is 0.379 e. The van der Waals surface area contributed by atoms with Crippen molar-refractivity contribution >= 4 is 42.8 Å². The molecule has 0 fully saturated rings. The van der Waals surface area contributed by atoms with E-state index in [2.05, 4.69) is 5.32 Å². The van der Waals surface area contributed by atoms with E-state index in [-0.39, 0.29) is 23.1 Å². The number of rotatable bonds is 8. The normalized spacial score (nSPS) is 11.5. The zero-order valence-electron chi connectivity index (χ0n) is 12.8. The number of hydrogen-bond acceptors (Lipinski definition) is 4. The number of carbonyl (C=O) groups excluding carboxylic acids is 1. The lowest BCUT2D eigenvalue weighted by atomic mass is 10.2. The highest BCUT2D eigenvalue weighted by molar-refractivity contribution is 7.58. The Kier molecular flexibility index (Phi) is 8.59.